The van der Waals surface area contributed by atoms with Gasteiger partial charge in [-0.15, -0.1) is 0 Å². The summed E-state index contributed by atoms with van der Waals surface area (Å²) in [6.07, 6.45) is 12.6. The van der Waals surface area contributed by atoms with Crippen molar-refractivity contribution in [2.24, 2.45) is 17.8 Å². The molecule has 1 saturated carbocycles. The number of rotatable bonds is 6. The van der Waals surface area contributed by atoms with E-state index < -0.39 is 0 Å². The molecule has 0 spiro atoms. The van der Waals surface area contributed by atoms with Gasteiger partial charge in [0, 0.05) is 19.3 Å². The van der Waals surface area contributed by atoms with E-state index in [0.717, 1.165) is 37.0 Å². The van der Waals surface area contributed by atoms with Crippen molar-refractivity contribution in [3.63, 3.8) is 0 Å². The van der Waals surface area contributed by atoms with Crippen LogP contribution in [0.15, 0.2) is 0 Å². The van der Waals surface area contributed by atoms with Crippen LogP contribution < -0.4 is 5.32 Å². The highest BCUT2D eigenvalue weighted by Gasteiger charge is 2.28. The zero-order chi connectivity index (χ0) is 13.5. The van der Waals surface area contributed by atoms with Gasteiger partial charge in [0.15, 0.2) is 0 Å². The molecule has 0 bridgehead atoms. The zero-order valence-corrected chi connectivity index (χ0v) is 13.0. The Morgan fingerprint density at radius 3 is 2.26 bits per heavy atom. The summed E-state index contributed by atoms with van der Waals surface area (Å²) in [7, 11) is 2.17. The molecule has 1 aliphatic heterocycles. The molecule has 0 radical (unpaired) electrons. The van der Waals surface area contributed by atoms with Crippen LogP contribution in [0.25, 0.3) is 0 Å². The van der Waals surface area contributed by atoms with Crippen LogP contribution >= 0.6 is 0 Å². The Hall–Kier alpha value is -0.0800. The number of hydrogen-bond acceptors (Lipinski definition) is 2. The van der Waals surface area contributed by atoms with Gasteiger partial charge in [0.2, 0.25) is 0 Å². The second-order valence-corrected chi connectivity index (χ2v) is 6.76. The molecule has 2 rings (SSSR count). The molecule has 1 unspecified atom stereocenters. The van der Waals surface area contributed by atoms with Crippen LogP contribution in [0.1, 0.15) is 64.7 Å². The maximum atomic E-state index is 5.48. The molecular weight excluding hydrogens is 234 g/mol. The van der Waals surface area contributed by atoms with Gasteiger partial charge in [-0.3, -0.25) is 0 Å². The maximum absolute atomic E-state index is 5.48. The lowest BCUT2D eigenvalue weighted by atomic mass is 9.74. The molecule has 2 fully saturated rings. The molecule has 2 nitrogen and oxygen atoms in total. The van der Waals surface area contributed by atoms with E-state index in [2.05, 4.69) is 19.3 Å². The van der Waals surface area contributed by atoms with Gasteiger partial charge >= 0.3 is 0 Å². The number of ether oxygens (including phenoxy) is 1. The van der Waals surface area contributed by atoms with Crippen LogP contribution in [0.2, 0.25) is 0 Å². The fourth-order valence-corrected chi connectivity index (χ4v) is 4.17. The van der Waals surface area contributed by atoms with Gasteiger partial charge in [0.05, 0.1) is 0 Å². The fourth-order valence-electron chi connectivity index (χ4n) is 4.17. The Morgan fingerprint density at radius 1 is 1.00 bits per heavy atom. The molecule has 1 saturated heterocycles. The molecular formula is C17H33NO. The van der Waals surface area contributed by atoms with Crippen LogP contribution in [0.4, 0.5) is 0 Å². The molecule has 0 aromatic carbocycles. The largest absolute Gasteiger partial charge is 0.381 e. The topological polar surface area (TPSA) is 21.3 Å². The van der Waals surface area contributed by atoms with E-state index in [-0.39, 0.29) is 0 Å². The minimum Gasteiger partial charge on any atom is -0.381 e. The number of hydrogen-bond donors (Lipinski definition) is 1. The Balaban J connectivity index is 1.75. The van der Waals surface area contributed by atoms with E-state index in [1.807, 2.05) is 0 Å². The van der Waals surface area contributed by atoms with Crippen molar-refractivity contribution >= 4 is 0 Å². The molecule has 2 aliphatic rings. The summed E-state index contributed by atoms with van der Waals surface area (Å²) >= 11 is 0. The molecule has 19 heavy (non-hydrogen) atoms. The summed E-state index contributed by atoms with van der Waals surface area (Å²) in [5.74, 6) is 2.86. The molecule has 0 aromatic heterocycles. The predicted octanol–water partition coefficient (Wildman–Crippen LogP) is 4.00. The fraction of sp³-hybridized carbons (Fsp3) is 1.00. The van der Waals surface area contributed by atoms with Crippen molar-refractivity contribution in [1.82, 2.24) is 5.32 Å². The second-order valence-electron chi connectivity index (χ2n) is 6.76. The van der Waals surface area contributed by atoms with Gasteiger partial charge in [-0.25, -0.2) is 0 Å². The number of nitrogens with one attached hydrogen (secondary N) is 1. The van der Waals surface area contributed by atoms with E-state index in [4.69, 9.17) is 4.74 Å². The maximum Gasteiger partial charge on any atom is 0.0468 e. The SMILES string of the molecule is CCCC1CCC(C(CC2CCOCC2)NC)CC1. The van der Waals surface area contributed by atoms with Gasteiger partial charge < -0.3 is 10.1 Å². The molecule has 1 heterocycles. The quantitative estimate of drug-likeness (QED) is 0.785. The van der Waals surface area contributed by atoms with Crippen molar-refractivity contribution in [3.05, 3.63) is 0 Å². The molecule has 1 N–H and O–H groups in total. The van der Waals surface area contributed by atoms with E-state index in [9.17, 15) is 0 Å². The standard InChI is InChI=1S/C17H33NO/c1-3-4-14-5-7-16(8-6-14)17(18-2)13-15-9-11-19-12-10-15/h14-18H,3-13H2,1-2H3. The van der Waals surface area contributed by atoms with Crippen LogP contribution in [-0.2, 0) is 4.74 Å². The lowest BCUT2D eigenvalue weighted by molar-refractivity contribution is 0.0561. The summed E-state index contributed by atoms with van der Waals surface area (Å²) in [4.78, 5) is 0. The monoisotopic (exact) mass is 267 g/mol. The van der Waals surface area contributed by atoms with Crippen LogP contribution in [0, 0.1) is 17.8 Å². The van der Waals surface area contributed by atoms with Crippen LogP contribution in [0.5, 0.6) is 0 Å². The van der Waals surface area contributed by atoms with Crippen LogP contribution in [-0.4, -0.2) is 26.3 Å². The van der Waals surface area contributed by atoms with E-state index in [0.29, 0.717) is 0 Å². The molecule has 0 aromatic rings. The smallest absolute Gasteiger partial charge is 0.0468 e. The average molecular weight is 267 g/mol. The summed E-state index contributed by atoms with van der Waals surface area (Å²) in [5.41, 5.74) is 0. The summed E-state index contributed by atoms with van der Waals surface area (Å²) in [6.45, 7) is 4.31. The molecule has 2 heteroatoms. The third kappa shape index (κ3) is 4.75. The summed E-state index contributed by atoms with van der Waals surface area (Å²) in [6, 6.07) is 0.755. The van der Waals surface area contributed by atoms with E-state index >= 15 is 0 Å². The van der Waals surface area contributed by atoms with Crippen molar-refractivity contribution in [2.45, 2.75) is 70.8 Å². The normalized spacial score (nSPS) is 31.3. The van der Waals surface area contributed by atoms with Gasteiger partial charge in [-0.2, -0.15) is 0 Å². The predicted molar refractivity (Wildman–Crippen MR) is 81.4 cm³/mol. The molecule has 0 amide bonds. The highest BCUT2D eigenvalue weighted by molar-refractivity contribution is 4.83. The van der Waals surface area contributed by atoms with Crippen molar-refractivity contribution < 1.29 is 4.74 Å². The highest BCUT2D eigenvalue weighted by Crippen LogP contribution is 2.35. The van der Waals surface area contributed by atoms with Crippen molar-refractivity contribution in [3.8, 4) is 0 Å². The lowest BCUT2D eigenvalue weighted by Gasteiger charge is -2.36. The van der Waals surface area contributed by atoms with Crippen molar-refractivity contribution in [1.29, 1.82) is 0 Å². The Labute approximate surface area is 119 Å². The molecule has 112 valence electrons. The van der Waals surface area contributed by atoms with Gasteiger partial charge in [0.25, 0.3) is 0 Å². The minimum absolute atomic E-state index is 0.755. The third-order valence-corrected chi connectivity index (χ3v) is 5.46. The second kappa shape index (κ2) is 8.26. The molecule has 1 atom stereocenters. The van der Waals surface area contributed by atoms with Gasteiger partial charge in [-0.05, 0) is 56.9 Å². The van der Waals surface area contributed by atoms with Gasteiger partial charge in [0.1, 0.15) is 0 Å². The summed E-state index contributed by atoms with van der Waals surface area (Å²) in [5, 5.41) is 3.63. The van der Waals surface area contributed by atoms with Crippen LogP contribution in [0.3, 0.4) is 0 Å². The van der Waals surface area contributed by atoms with E-state index in [1.165, 1.54) is 57.8 Å². The van der Waals surface area contributed by atoms with E-state index in [1.54, 1.807) is 0 Å². The average Bonchev–Trinajstić information content (AvgIpc) is 2.47. The minimum atomic E-state index is 0.755. The zero-order valence-electron chi connectivity index (χ0n) is 13.0. The first-order valence-electron chi connectivity index (χ1n) is 8.58. The first-order valence-corrected chi connectivity index (χ1v) is 8.58. The Kier molecular flexibility index (Phi) is 6.66. The highest BCUT2D eigenvalue weighted by atomic mass is 16.5. The lowest BCUT2D eigenvalue weighted by Crippen LogP contribution is -2.38. The van der Waals surface area contributed by atoms with Crippen molar-refractivity contribution in [2.75, 3.05) is 20.3 Å². The first kappa shape index (κ1) is 15.3. The Morgan fingerprint density at radius 2 is 1.68 bits per heavy atom. The van der Waals surface area contributed by atoms with Gasteiger partial charge in [-0.1, -0.05) is 32.6 Å². The molecule has 1 aliphatic carbocycles. The first-order chi connectivity index (χ1) is 9.33. The summed E-state index contributed by atoms with van der Waals surface area (Å²) < 4.78 is 5.48. The Bertz CT molecular complexity index is 229. The third-order valence-electron chi connectivity index (χ3n) is 5.46.